The second-order valence-electron chi connectivity index (χ2n) is 5.21. The van der Waals surface area contributed by atoms with Crippen LogP contribution in [-0.2, 0) is 4.74 Å². The maximum atomic E-state index is 10.6. The molecule has 2 aliphatic rings. The van der Waals surface area contributed by atoms with E-state index in [-0.39, 0.29) is 11.7 Å². The van der Waals surface area contributed by atoms with Gasteiger partial charge in [-0.3, -0.25) is 0 Å². The van der Waals surface area contributed by atoms with Gasteiger partial charge in [-0.1, -0.05) is 0 Å². The summed E-state index contributed by atoms with van der Waals surface area (Å²) in [5.74, 6) is 2.63. The van der Waals surface area contributed by atoms with Gasteiger partial charge < -0.3 is 9.84 Å². The van der Waals surface area contributed by atoms with Crippen LogP contribution in [-0.4, -0.2) is 28.8 Å². The lowest BCUT2D eigenvalue weighted by Crippen LogP contribution is -2.41. The molecule has 3 heterocycles. The van der Waals surface area contributed by atoms with E-state index in [0.717, 1.165) is 41.7 Å². The number of ether oxygens (including phenoxy) is 1. The molecule has 18 heavy (non-hydrogen) atoms. The van der Waals surface area contributed by atoms with Gasteiger partial charge in [-0.2, -0.15) is 23.1 Å². The predicted molar refractivity (Wildman–Crippen MR) is 80.3 cm³/mol. The molecule has 3 atom stereocenters. The van der Waals surface area contributed by atoms with Crippen molar-refractivity contribution in [2.45, 2.75) is 31.0 Å². The molecule has 1 aromatic heterocycles. The summed E-state index contributed by atoms with van der Waals surface area (Å²) >= 11 is 7.14. The molecule has 0 radical (unpaired) electrons. The van der Waals surface area contributed by atoms with E-state index in [1.54, 1.807) is 11.3 Å². The topological polar surface area (TPSA) is 29.5 Å². The van der Waals surface area contributed by atoms with Crippen molar-refractivity contribution < 1.29 is 9.84 Å². The average molecular weight is 349 g/mol. The molecule has 100 valence electrons. The van der Waals surface area contributed by atoms with Gasteiger partial charge in [0, 0.05) is 27.8 Å². The third-order valence-electron chi connectivity index (χ3n) is 4.01. The molecule has 2 aliphatic heterocycles. The predicted octanol–water partition coefficient (Wildman–Crippen LogP) is 3.85. The number of rotatable bonds is 2. The van der Waals surface area contributed by atoms with E-state index in [2.05, 4.69) is 21.3 Å². The zero-order valence-electron chi connectivity index (χ0n) is 10.1. The molecular formula is C13H17BrO2S2. The summed E-state index contributed by atoms with van der Waals surface area (Å²) in [6, 6.07) is 0. The molecule has 1 N–H and O–H groups in total. The lowest BCUT2D eigenvalue weighted by atomic mass is 9.81. The van der Waals surface area contributed by atoms with Crippen LogP contribution in [0.2, 0.25) is 0 Å². The second-order valence-corrected chi connectivity index (χ2v) is 7.91. The fraction of sp³-hybridized carbons (Fsp3) is 0.692. The Hall–Kier alpha value is 0.450. The van der Waals surface area contributed by atoms with Crippen LogP contribution in [0.3, 0.4) is 0 Å². The van der Waals surface area contributed by atoms with Gasteiger partial charge in [0.1, 0.15) is 0 Å². The molecule has 0 bridgehead atoms. The van der Waals surface area contributed by atoms with E-state index in [9.17, 15) is 5.11 Å². The molecule has 1 spiro atoms. The first kappa shape index (κ1) is 13.4. The molecule has 0 saturated carbocycles. The van der Waals surface area contributed by atoms with Crippen molar-refractivity contribution in [3.8, 4) is 0 Å². The molecular weight excluding hydrogens is 332 g/mol. The van der Waals surface area contributed by atoms with Crippen molar-refractivity contribution in [3.63, 3.8) is 0 Å². The number of aliphatic hydroxyl groups excluding tert-OH is 1. The normalized spacial score (nSPS) is 34.0. The Kier molecular flexibility index (Phi) is 4.06. The molecule has 0 aromatic carbocycles. The van der Waals surface area contributed by atoms with Crippen molar-refractivity contribution in [2.75, 3.05) is 18.1 Å². The zero-order chi connectivity index (χ0) is 12.6. The lowest BCUT2D eigenvalue weighted by molar-refractivity contribution is -0.102. The van der Waals surface area contributed by atoms with E-state index in [1.165, 1.54) is 5.75 Å². The largest absolute Gasteiger partial charge is 0.388 e. The molecule has 3 unspecified atom stereocenters. The van der Waals surface area contributed by atoms with Crippen molar-refractivity contribution >= 4 is 39.0 Å². The molecule has 2 nitrogen and oxygen atoms in total. The van der Waals surface area contributed by atoms with Crippen molar-refractivity contribution in [3.05, 3.63) is 20.8 Å². The summed E-state index contributed by atoms with van der Waals surface area (Å²) in [7, 11) is 0. The first-order valence-corrected chi connectivity index (χ1v) is 9.21. The van der Waals surface area contributed by atoms with E-state index in [0.29, 0.717) is 5.92 Å². The molecule has 0 aliphatic carbocycles. The highest BCUT2D eigenvalue weighted by Gasteiger charge is 2.42. The maximum absolute atomic E-state index is 10.6. The van der Waals surface area contributed by atoms with Crippen LogP contribution < -0.4 is 0 Å². The average Bonchev–Trinajstić information content (AvgIpc) is 2.98. The van der Waals surface area contributed by atoms with E-state index >= 15 is 0 Å². The summed E-state index contributed by atoms with van der Waals surface area (Å²) in [5, 5.41) is 14.7. The van der Waals surface area contributed by atoms with E-state index in [4.69, 9.17) is 4.74 Å². The Morgan fingerprint density at radius 2 is 2.39 bits per heavy atom. The van der Waals surface area contributed by atoms with Gasteiger partial charge in [-0.15, -0.1) is 0 Å². The summed E-state index contributed by atoms with van der Waals surface area (Å²) in [5.41, 5.74) is 1.10. The molecule has 0 amide bonds. The first-order valence-electron chi connectivity index (χ1n) is 6.32. The van der Waals surface area contributed by atoms with Crippen molar-refractivity contribution in [1.82, 2.24) is 0 Å². The third-order valence-corrected chi connectivity index (χ3v) is 6.98. The number of hydrogen-bond acceptors (Lipinski definition) is 4. The summed E-state index contributed by atoms with van der Waals surface area (Å²) in [6.07, 6.45) is 2.77. The van der Waals surface area contributed by atoms with E-state index < -0.39 is 0 Å². The SMILES string of the molecule is OC(c1cscc1Br)C1CCOC2(CCSC2)C1. The van der Waals surface area contributed by atoms with Gasteiger partial charge in [0.25, 0.3) is 0 Å². The Morgan fingerprint density at radius 1 is 1.50 bits per heavy atom. The van der Waals surface area contributed by atoms with Crippen LogP contribution in [0.25, 0.3) is 0 Å². The standard InChI is InChI=1S/C13H17BrO2S2/c14-11-7-18-6-10(11)12(15)9-1-3-16-13(5-9)2-4-17-8-13/h6-7,9,12,15H,1-5,8H2. The highest BCUT2D eigenvalue weighted by atomic mass is 79.9. The first-order chi connectivity index (χ1) is 8.70. The minimum absolute atomic E-state index is 0.0526. The van der Waals surface area contributed by atoms with Crippen LogP contribution >= 0.6 is 39.0 Å². The fourth-order valence-electron chi connectivity index (χ4n) is 2.95. The molecule has 5 heteroatoms. The number of thioether (sulfide) groups is 1. The highest BCUT2D eigenvalue weighted by Crippen LogP contribution is 2.45. The number of aliphatic hydroxyl groups is 1. The van der Waals surface area contributed by atoms with Gasteiger partial charge in [-0.05, 0) is 52.2 Å². The Bertz CT molecular complexity index is 415. The lowest BCUT2D eigenvalue weighted by Gasteiger charge is -2.39. The van der Waals surface area contributed by atoms with Crippen LogP contribution in [0.5, 0.6) is 0 Å². The second kappa shape index (κ2) is 5.44. The minimum Gasteiger partial charge on any atom is -0.388 e. The quantitative estimate of drug-likeness (QED) is 0.880. The molecule has 3 rings (SSSR count). The van der Waals surface area contributed by atoms with Gasteiger partial charge in [0.2, 0.25) is 0 Å². The number of hydrogen-bond donors (Lipinski definition) is 1. The number of thiophene rings is 1. The molecule has 1 aromatic rings. The Morgan fingerprint density at radius 3 is 3.06 bits per heavy atom. The van der Waals surface area contributed by atoms with Crippen LogP contribution in [0.4, 0.5) is 0 Å². The maximum Gasteiger partial charge on any atom is 0.0839 e. The van der Waals surface area contributed by atoms with E-state index in [1.807, 2.05) is 17.1 Å². The van der Waals surface area contributed by atoms with Crippen LogP contribution in [0, 0.1) is 5.92 Å². The van der Waals surface area contributed by atoms with Gasteiger partial charge in [-0.25, -0.2) is 0 Å². The summed E-state index contributed by atoms with van der Waals surface area (Å²) in [4.78, 5) is 0. The highest BCUT2D eigenvalue weighted by molar-refractivity contribution is 9.10. The van der Waals surface area contributed by atoms with Gasteiger partial charge >= 0.3 is 0 Å². The van der Waals surface area contributed by atoms with Crippen molar-refractivity contribution in [2.24, 2.45) is 5.92 Å². The Labute approximate surface area is 124 Å². The Balaban J connectivity index is 1.74. The van der Waals surface area contributed by atoms with Crippen molar-refractivity contribution in [1.29, 1.82) is 0 Å². The fourth-order valence-corrected chi connectivity index (χ4v) is 5.89. The summed E-state index contributed by atoms with van der Waals surface area (Å²) in [6.45, 7) is 0.796. The summed E-state index contributed by atoms with van der Waals surface area (Å²) < 4.78 is 7.06. The third kappa shape index (κ3) is 2.52. The smallest absolute Gasteiger partial charge is 0.0839 e. The minimum atomic E-state index is -0.350. The zero-order valence-corrected chi connectivity index (χ0v) is 13.3. The number of halogens is 1. The van der Waals surface area contributed by atoms with Gasteiger partial charge in [0.05, 0.1) is 11.7 Å². The monoisotopic (exact) mass is 348 g/mol. The van der Waals surface area contributed by atoms with Crippen LogP contribution in [0.1, 0.15) is 30.9 Å². The van der Waals surface area contributed by atoms with Crippen LogP contribution in [0.15, 0.2) is 15.2 Å². The molecule has 2 fully saturated rings. The molecule has 2 saturated heterocycles. The van der Waals surface area contributed by atoms with Gasteiger partial charge in [0.15, 0.2) is 0 Å².